The van der Waals surface area contributed by atoms with Crippen molar-refractivity contribution in [1.82, 2.24) is 14.8 Å². The Labute approximate surface area is 173 Å². The fraction of sp³-hybridized carbons (Fsp3) is 0.227. The van der Waals surface area contributed by atoms with Crippen molar-refractivity contribution in [3.05, 3.63) is 64.3 Å². The van der Waals surface area contributed by atoms with Gasteiger partial charge in [0.15, 0.2) is 0 Å². The monoisotopic (exact) mass is 406 g/mol. The number of nitrogens with one attached hydrogen (secondary N) is 1. The van der Waals surface area contributed by atoms with Crippen LogP contribution in [0.2, 0.25) is 0 Å². The van der Waals surface area contributed by atoms with Gasteiger partial charge in [0.25, 0.3) is 5.89 Å². The first kappa shape index (κ1) is 19.1. The molecule has 0 aliphatic rings. The Morgan fingerprint density at radius 1 is 1.07 bits per heavy atom. The van der Waals surface area contributed by atoms with E-state index in [1.807, 2.05) is 67.1 Å². The summed E-state index contributed by atoms with van der Waals surface area (Å²) in [4.78, 5) is 13.5. The molecule has 6 nitrogen and oxygen atoms in total. The predicted molar refractivity (Wildman–Crippen MR) is 115 cm³/mol. The summed E-state index contributed by atoms with van der Waals surface area (Å²) in [6, 6.07) is 11.8. The Morgan fingerprint density at radius 3 is 2.59 bits per heavy atom. The molecule has 0 atom stereocenters. The lowest BCUT2D eigenvalue weighted by molar-refractivity contribution is -0.116. The van der Waals surface area contributed by atoms with Crippen LogP contribution >= 0.6 is 11.3 Å². The number of carbonyl (C=O) groups excluding carboxylic acids is 1. The summed E-state index contributed by atoms with van der Waals surface area (Å²) in [5.74, 6) is 0.890. The number of carbonyl (C=O) groups is 1. The molecule has 0 fully saturated rings. The summed E-state index contributed by atoms with van der Waals surface area (Å²) in [5.41, 5.74) is 5.88. The highest BCUT2D eigenvalue weighted by atomic mass is 32.1. The van der Waals surface area contributed by atoms with Gasteiger partial charge in [-0.15, -0.1) is 21.5 Å². The molecule has 29 heavy (non-hydrogen) atoms. The first-order valence-corrected chi connectivity index (χ1v) is 10.2. The van der Waals surface area contributed by atoms with E-state index >= 15 is 0 Å². The molecular formula is C22H22N4O2S. The molecule has 4 aromatic rings. The topological polar surface area (TPSA) is 73.0 Å². The van der Waals surface area contributed by atoms with Crippen molar-refractivity contribution in [3.8, 4) is 22.2 Å². The molecule has 3 aromatic heterocycles. The normalized spacial score (nSPS) is 11.0. The summed E-state index contributed by atoms with van der Waals surface area (Å²) in [6.07, 6.45) is 0. The van der Waals surface area contributed by atoms with Gasteiger partial charge in [0, 0.05) is 17.1 Å². The largest absolute Gasteiger partial charge is 0.415 e. The molecule has 0 unspecified atom stereocenters. The first-order chi connectivity index (χ1) is 13.9. The molecule has 0 radical (unpaired) electrons. The number of benzene rings is 1. The van der Waals surface area contributed by atoms with Crippen LogP contribution in [0.1, 0.15) is 22.5 Å². The fourth-order valence-electron chi connectivity index (χ4n) is 3.26. The van der Waals surface area contributed by atoms with Crippen molar-refractivity contribution >= 4 is 22.9 Å². The van der Waals surface area contributed by atoms with E-state index in [0.717, 1.165) is 33.1 Å². The zero-order valence-corrected chi connectivity index (χ0v) is 17.6. The standard InChI is InChI=1S/C22H22N4O2S/c1-13-7-8-17(10-14(13)2)23-20(27)12-26-15(3)11-18(16(26)4)21-24-25-22(28-21)19-6-5-9-29-19/h5-11H,12H2,1-4H3,(H,23,27). The van der Waals surface area contributed by atoms with E-state index in [1.165, 1.54) is 5.56 Å². The minimum absolute atomic E-state index is 0.0774. The Morgan fingerprint density at radius 2 is 1.86 bits per heavy atom. The van der Waals surface area contributed by atoms with Crippen molar-refractivity contribution in [2.24, 2.45) is 0 Å². The van der Waals surface area contributed by atoms with Crippen LogP contribution in [0.25, 0.3) is 22.2 Å². The summed E-state index contributed by atoms with van der Waals surface area (Å²) < 4.78 is 7.82. The number of hydrogen-bond donors (Lipinski definition) is 1. The van der Waals surface area contributed by atoms with E-state index < -0.39 is 0 Å². The number of rotatable bonds is 5. The van der Waals surface area contributed by atoms with Crippen molar-refractivity contribution in [1.29, 1.82) is 0 Å². The molecule has 148 valence electrons. The minimum atomic E-state index is -0.0774. The van der Waals surface area contributed by atoms with Gasteiger partial charge in [-0.25, -0.2) is 0 Å². The average molecular weight is 407 g/mol. The van der Waals surface area contributed by atoms with Crippen LogP contribution in [0, 0.1) is 27.7 Å². The number of aromatic nitrogens is 3. The van der Waals surface area contributed by atoms with Gasteiger partial charge in [-0.1, -0.05) is 12.1 Å². The van der Waals surface area contributed by atoms with Crippen LogP contribution in [-0.4, -0.2) is 20.7 Å². The van der Waals surface area contributed by atoms with Gasteiger partial charge in [0.1, 0.15) is 6.54 Å². The second-order valence-corrected chi connectivity index (χ2v) is 8.06. The fourth-order valence-corrected chi connectivity index (χ4v) is 3.90. The molecule has 1 aromatic carbocycles. The summed E-state index contributed by atoms with van der Waals surface area (Å²) in [5, 5.41) is 13.3. The lowest BCUT2D eigenvalue weighted by Gasteiger charge is -2.11. The maximum atomic E-state index is 12.6. The van der Waals surface area contributed by atoms with Crippen LogP contribution < -0.4 is 5.32 Å². The number of thiophene rings is 1. The Kier molecular flexibility index (Phi) is 5.07. The second kappa shape index (κ2) is 7.67. The Bertz CT molecular complexity index is 1170. The maximum Gasteiger partial charge on any atom is 0.258 e. The van der Waals surface area contributed by atoms with E-state index in [4.69, 9.17) is 4.42 Å². The summed E-state index contributed by atoms with van der Waals surface area (Å²) >= 11 is 1.55. The molecular weight excluding hydrogens is 384 g/mol. The van der Waals surface area contributed by atoms with Gasteiger partial charge < -0.3 is 14.3 Å². The van der Waals surface area contributed by atoms with E-state index in [2.05, 4.69) is 22.4 Å². The zero-order valence-electron chi connectivity index (χ0n) is 16.8. The van der Waals surface area contributed by atoms with E-state index in [1.54, 1.807) is 11.3 Å². The number of anilines is 1. The van der Waals surface area contributed by atoms with Crippen molar-refractivity contribution in [3.63, 3.8) is 0 Å². The molecule has 0 aliphatic heterocycles. The highest BCUT2D eigenvalue weighted by Gasteiger charge is 2.19. The van der Waals surface area contributed by atoms with Crippen LogP contribution in [0.3, 0.4) is 0 Å². The molecule has 1 N–H and O–H groups in total. The third-order valence-corrected chi connectivity index (χ3v) is 5.91. The lowest BCUT2D eigenvalue weighted by Crippen LogP contribution is -2.20. The molecule has 0 saturated heterocycles. The van der Waals surface area contributed by atoms with E-state index in [9.17, 15) is 4.79 Å². The van der Waals surface area contributed by atoms with Gasteiger partial charge >= 0.3 is 0 Å². The first-order valence-electron chi connectivity index (χ1n) is 9.34. The van der Waals surface area contributed by atoms with Crippen LogP contribution in [0.5, 0.6) is 0 Å². The molecule has 0 spiro atoms. The Balaban J connectivity index is 1.54. The number of amides is 1. The van der Waals surface area contributed by atoms with Gasteiger partial charge in [-0.05, 0) is 68.5 Å². The minimum Gasteiger partial charge on any atom is -0.415 e. The second-order valence-electron chi connectivity index (χ2n) is 7.11. The summed E-state index contributed by atoms with van der Waals surface area (Å²) in [7, 11) is 0. The van der Waals surface area contributed by atoms with Crippen molar-refractivity contribution < 1.29 is 9.21 Å². The van der Waals surface area contributed by atoms with Gasteiger partial charge in [0.05, 0.1) is 10.4 Å². The smallest absolute Gasteiger partial charge is 0.258 e. The zero-order chi connectivity index (χ0) is 20.5. The van der Waals surface area contributed by atoms with Gasteiger partial charge in [-0.2, -0.15) is 0 Å². The highest BCUT2D eigenvalue weighted by Crippen LogP contribution is 2.30. The molecule has 0 aliphatic carbocycles. The number of nitrogens with zero attached hydrogens (tertiary/aromatic N) is 3. The van der Waals surface area contributed by atoms with Crippen LogP contribution in [-0.2, 0) is 11.3 Å². The van der Waals surface area contributed by atoms with Crippen molar-refractivity contribution in [2.45, 2.75) is 34.2 Å². The molecule has 3 heterocycles. The van der Waals surface area contributed by atoms with Gasteiger partial charge in [-0.3, -0.25) is 4.79 Å². The highest BCUT2D eigenvalue weighted by molar-refractivity contribution is 7.13. The maximum absolute atomic E-state index is 12.6. The molecule has 0 bridgehead atoms. The van der Waals surface area contributed by atoms with E-state index in [-0.39, 0.29) is 12.5 Å². The number of aryl methyl sites for hydroxylation is 3. The molecule has 1 amide bonds. The quantitative estimate of drug-likeness (QED) is 0.498. The Hall–Kier alpha value is -3.19. The predicted octanol–water partition coefficient (Wildman–Crippen LogP) is 5.14. The third-order valence-electron chi connectivity index (χ3n) is 5.05. The van der Waals surface area contributed by atoms with Crippen LogP contribution in [0.4, 0.5) is 5.69 Å². The molecule has 7 heteroatoms. The average Bonchev–Trinajstić information content (AvgIpc) is 3.41. The molecule has 0 saturated carbocycles. The SMILES string of the molecule is Cc1ccc(NC(=O)Cn2c(C)cc(-c3nnc(-c4cccs4)o3)c2C)cc1C. The lowest BCUT2D eigenvalue weighted by atomic mass is 10.1. The van der Waals surface area contributed by atoms with Gasteiger partial charge in [0.2, 0.25) is 11.8 Å². The van der Waals surface area contributed by atoms with Crippen LogP contribution in [0.15, 0.2) is 46.2 Å². The number of hydrogen-bond acceptors (Lipinski definition) is 5. The summed E-state index contributed by atoms with van der Waals surface area (Å²) in [6.45, 7) is 8.23. The third kappa shape index (κ3) is 3.86. The van der Waals surface area contributed by atoms with E-state index in [0.29, 0.717) is 11.8 Å². The molecule has 4 rings (SSSR count). The van der Waals surface area contributed by atoms with Crippen molar-refractivity contribution in [2.75, 3.05) is 5.32 Å².